The number of amides is 1. The molecule has 116 valence electrons. The van der Waals surface area contributed by atoms with Gasteiger partial charge in [-0.1, -0.05) is 12.8 Å². The van der Waals surface area contributed by atoms with Crippen LogP contribution in [0.15, 0.2) is 22.8 Å². The van der Waals surface area contributed by atoms with E-state index in [4.69, 9.17) is 4.42 Å². The summed E-state index contributed by atoms with van der Waals surface area (Å²) >= 11 is 0. The summed E-state index contributed by atoms with van der Waals surface area (Å²) in [7, 11) is 0. The highest BCUT2D eigenvalue weighted by Crippen LogP contribution is 2.24. The van der Waals surface area contributed by atoms with Gasteiger partial charge in [-0.2, -0.15) is 0 Å². The van der Waals surface area contributed by atoms with Crippen LogP contribution in [-0.4, -0.2) is 54.5 Å². The predicted molar refractivity (Wildman–Crippen MR) is 80.8 cm³/mol. The molecule has 1 saturated heterocycles. The molecule has 2 aliphatic rings. The molecule has 21 heavy (non-hydrogen) atoms. The Bertz CT molecular complexity index is 432. The van der Waals surface area contributed by atoms with Gasteiger partial charge in [0.15, 0.2) is 0 Å². The fourth-order valence-corrected chi connectivity index (χ4v) is 3.41. The highest BCUT2D eigenvalue weighted by Gasteiger charge is 2.26. The lowest BCUT2D eigenvalue weighted by Crippen LogP contribution is -2.51. The van der Waals surface area contributed by atoms with Crippen LogP contribution in [0.2, 0.25) is 0 Å². The van der Waals surface area contributed by atoms with Gasteiger partial charge in [0.1, 0.15) is 5.76 Å². The van der Waals surface area contributed by atoms with Crippen molar-refractivity contribution in [1.82, 2.24) is 15.1 Å². The van der Waals surface area contributed by atoms with Crippen molar-refractivity contribution in [2.45, 2.75) is 38.3 Å². The molecule has 1 aromatic heterocycles. The van der Waals surface area contributed by atoms with Gasteiger partial charge in [0.05, 0.1) is 19.4 Å². The first kappa shape index (κ1) is 14.6. The van der Waals surface area contributed by atoms with Crippen LogP contribution in [0.3, 0.4) is 0 Å². The summed E-state index contributed by atoms with van der Waals surface area (Å²) in [5.74, 6) is 0.884. The van der Waals surface area contributed by atoms with Gasteiger partial charge in [-0.15, -0.1) is 0 Å². The third-order valence-corrected chi connectivity index (χ3v) is 4.66. The van der Waals surface area contributed by atoms with Crippen molar-refractivity contribution in [1.29, 1.82) is 0 Å². The Morgan fingerprint density at radius 1 is 1.24 bits per heavy atom. The van der Waals surface area contributed by atoms with Gasteiger partial charge in [0.2, 0.25) is 5.91 Å². The van der Waals surface area contributed by atoms with E-state index in [1.165, 1.54) is 25.7 Å². The largest absolute Gasteiger partial charge is 0.467 e. The first-order valence-electron chi connectivity index (χ1n) is 8.07. The Kier molecular flexibility index (Phi) is 4.93. The quantitative estimate of drug-likeness (QED) is 0.892. The van der Waals surface area contributed by atoms with E-state index in [9.17, 15) is 4.79 Å². The van der Waals surface area contributed by atoms with Crippen LogP contribution < -0.4 is 5.32 Å². The summed E-state index contributed by atoms with van der Waals surface area (Å²) < 4.78 is 5.21. The molecule has 1 amide bonds. The SMILES string of the molecule is O=C(CN1CCN(C2CCCC2)CC1)NCc1ccco1. The minimum Gasteiger partial charge on any atom is -0.467 e. The van der Waals surface area contributed by atoms with E-state index < -0.39 is 0 Å². The molecule has 3 rings (SSSR count). The minimum absolute atomic E-state index is 0.0840. The third kappa shape index (κ3) is 4.08. The lowest BCUT2D eigenvalue weighted by Gasteiger charge is -2.37. The van der Waals surface area contributed by atoms with Gasteiger partial charge in [-0.05, 0) is 25.0 Å². The van der Waals surface area contributed by atoms with Crippen LogP contribution in [0.5, 0.6) is 0 Å². The number of carbonyl (C=O) groups excluding carboxylic acids is 1. The zero-order chi connectivity index (χ0) is 14.5. The van der Waals surface area contributed by atoms with Gasteiger partial charge in [0.25, 0.3) is 0 Å². The first-order chi connectivity index (χ1) is 10.3. The van der Waals surface area contributed by atoms with Gasteiger partial charge in [0, 0.05) is 32.2 Å². The number of rotatable bonds is 5. The lowest BCUT2D eigenvalue weighted by molar-refractivity contribution is -0.123. The molecular weight excluding hydrogens is 266 g/mol. The smallest absolute Gasteiger partial charge is 0.234 e. The highest BCUT2D eigenvalue weighted by molar-refractivity contribution is 5.77. The number of hydrogen-bond donors (Lipinski definition) is 1. The number of furan rings is 1. The molecule has 5 heteroatoms. The number of nitrogens with zero attached hydrogens (tertiary/aromatic N) is 2. The minimum atomic E-state index is 0.0840. The van der Waals surface area contributed by atoms with Gasteiger partial charge < -0.3 is 9.73 Å². The predicted octanol–water partition coefficient (Wildman–Crippen LogP) is 1.46. The van der Waals surface area contributed by atoms with Crippen molar-refractivity contribution in [3.63, 3.8) is 0 Å². The second kappa shape index (κ2) is 7.09. The Balaban J connectivity index is 1.35. The molecule has 1 aliphatic carbocycles. The summed E-state index contributed by atoms with van der Waals surface area (Å²) in [6.45, 7) is 5.20. The Morgan fingerprint density at radius 3 is 2.67 bits per heavy atom. The van der Waals surface area contributed by atoms with Gasteiger partial charge in [-0.25, -0.2) is 0 Å². The van der Waals surface area contributed by atoms with Crippen LogP contribution >= 0.6 is 0 Å². The third-order valence-electron chi connectivity index (χ3n) is 4.66. The second-order valence-corrected chi connectivity index (χ2v) is 6.11. The van der Waals surface area contributed by atoms with E-state index in [1.807, 2.05) is 12.1 Å². The number of piperazine rings is 1. The molecule has 1 saturated carbocycles. The van der Waals surface area contributed by atoms with Crippen LogP contribution in [-0.2, 0) is 11.3 Å². The van der Waals surface area contributed by atoms with Crippen molar-refractivity contribution in [3.05, 3.63) is 24.2 Å². The molecule has 5 nitrogen and oxygen atoms in total. The Morgan fingerprint density at radius 2 is 2.00 bits per heavy atom. The summed E-state index contributed by atoms with van der Waals surface area (Å²) in [6.07, 6.45) is 7.14. The fourth-order valence-electron chi connectivity index (χ4n) is 3.41. The summed E-state index contributed by atoms with van der Waals surface area (Å²) in [6, 6.07) is 4.52. The van der Waals surface area contributed by atoms with E-state index in [0.29, 0.717) is 13.1 Å². The summed E-state index contributed by atoms with van der Waals surface area (Å²) in [5.41, 5.74) is 0. The molecule has 1 N–H and O–H groups in total. The molecule has 0 radical (unpaired) electrons. The van der Waals surface area contributed by atoms with E-state index in [0.717, 1.165) is 38.0 Å². The van der Waals surface area contributed by atoms with Crippen molar-refractivity contribution >= 4 is 5.91 Å². The maximum Gasteiger partial charge on any atom is 0.234 e. The van der Waals surface area contributed by atoms with Crippen molar-refractivity contribution < 1.29 is 9.21 Å². The zero-order valence-electron chi connectivity index (χ0n) is 12.6. The molecule has 0 aromatic carbocycles. The number of nitrogens with one attached hydrogen (secondary N) is 1. The number of carbonyl (C=O) groups is 1. The molecule has 0 spiro atoms. The molecule has 0 unspecified atom stereocenters. The average Bonchev–Trinajstić information content (AvgIpc) is 3.19. The lowest BCUT2D eigenvalue weighted by atomic mass is 10.2. The monoisotopic (exact) mass is 291 g/mol. The molecule has 2 fully saturated rings. The average molecular weight is 291 g/mol. The topological polar surface area (TPSA) is 48.7 Å². The van der Waals surface area contributed by atoms with Crippen molar-refractivity contribution in [2.75, 3.05) is 32.7 Å². The Hall–Kier alpha value is -1.33. The molecule has 2 heterocycles. The van der Waals surface area contributed by atoms with Crippen LogP contribution in [0, 0.1) is 0 Å². The van der Waals surface area contributed by atoms with E-state index in [2.05, 4.69) is 15.1 Å². The molecule has 1 aliphatic heterocycles. The molecule has 0 atom stereocenters. The maximum absolute atomic E-state index is 11.9. The summed E-state index contributed by atoms with van der Waals surface area (Å²) in [5, 5.41) is 2.91. The van der Waals surface area contributed by atoms with E-state index in [1.54, 1.807) is 6.26 Å². The summed E-state index contributed by atoms with van der Waals surface area (Å²) in [4.78, 5) is 16.8. The normalized spacial score (nSPS) is 21.7. The standard InChI is InChI=1S/C16H25N3O2/c20-16(17-12-15-6-3-11-21-15)13-18-7-9-19(10-8-18)14-4-1-2-5-14/h3,6,11,14H,1-2,4-5,7-10,12-13H2,(H,17,20). The molecule has 1 aromatic rings. The van der Waals surface area contributed by atoms with E-state index in [-0.39, 0.29) is 5.91 Å². The molecular formula is C16H25N3O2. The van der Waals surface area contributed by atoms with Crippen molar-refractivity contribution in [2.24, 2.45) is 0 Å². The van der Waals surface area contributed by atoms with Crippen LogP contribution in [0.4, 0.5) is 0 Å². The van der Waals surface area contributed by atoms with Crippen LogP contribution in [0.25, 0.3) is 0 Å². The van der Waals surface area contributed by atoms with Gasteiger partial charge in [-0.3, -0.25) is 14.6 Å². The second-order valence-electron chi connectivity index (χ2n) is 6.11. The fraction of sp³-hybridized carbons (Fsp3) is 0.688. The number of hydrogen-bond acceptors (Lipinski definition) is 4. The first-order valence-corrected chi connectivity index (χ1v) is 8.07. The zero-order valence-corrected chi connectivity index (χ0v) is 12.6. The van der Waals surface area contributed by atoms with E-state index >= 15 is 0 Å². The highest BCUT2D eigenvalue weighted by atomic mass is 16.3. The van der Waals surface area contributed by atoms with Gasteiger partial charge >= 0.3 is 0 Å². The van der Waals surface area contributed by atoms with Crippen LogP contribution in [0.1, 0.15) is 31.4 Å². The molecule has 0 bridgehead atoms. The Labute approximate surface area is 126 Å². The maximum atomic E-state index is 11.9. The van der Waals surface area contributed by atoms with Crippen molar-refractivity contribution in [3.8, 4) is 0 Å².